The molecule has 16 heteroatoms. The van der Waals surface area contributed by atoms with Crippen molar-refractivity contribution < 1.29 is 29.6 Å². The van der Waals surface area contributed by atoms with Gasteiger partial charge in [0, 0.05) is 54.4 Å². The van der Waals surface area contributed by atoms with Crippen molar-refractivity contribution in [1.29, 1.82) is 0 Å². The van der Waals surface area contributed by atoms with Gasteiger partial charge in [-0.25, -0.2) is 0 Å². The molecule has 2 unspecified atom stereocenters. The second-order valence-corrected chi connectivity index (χ2v) is 21.2. The summed E-state index contributed by atoms with van der Waals surface area (Å²) in [5.41, 5.74) is 5.29. The lowest BCUT2D eigenvalue weighted by atomic mass is 9.76. The first-order valence-electron chi connectivity index (χ1n) is 28.1. The largest absolute Gasteiger partial charge is 0.493 e. The third kappa shape index (κ3) is 13.7. The van der Waals surface area contributed by atoms with Crippen molar-refractivity contribution in [1.82, 2.24) is 18.9 Å². The number of pyridine rings is 4. The monoisotopic (exact) mass is 1070 g/mol. The molecule has 418 valence electrons. The van der Waals surface area contributed by atoms with Crippen LogP contribution in [0.15, 0.2) is 128 Å². The van der Waals surface area contributed by atoms with Crippen molar-refractivity contribution in [2.75, 3.05) is 41.3 Å². The van der Waals surface area contributed by atoms with E-state index in [1.54, 1.807) is 47.8 Å². The molecule has 0 spiro atoms. The third-order valence-corrected chi connectivity index (χ3v) is 15.7. The van der Waals surface area contributed by atoms with Crippen molar-refractivity contribution in [3.8, 4) is 23.1 Å². The Morgan fingerprint density at radius 1 is 0.513 bits per heavy atom. The van der Waals surface area contributed by atoms with Gasteiger partial charge in [-0.05, 0) is 109 Å². The van der Waals surface area contributed by atoms with Crippen LogP contribution in [0.1, 0.15) is 144 Å². The first-order valence-corrected chi connectivity index (χ1v) is 28.1. The minimum atomic E-state index is -0.903. The summed E-state index contributed by atoms with van der Waals surface area (Å²) < 4.78 is 6.21. The number of aromatic nitrogens is 4. The average Bonchev–Trinajstić information content (AvgIpc) is 3.50. The van der Waals surface area contributed by atoms with Crippen molar-refractivity contribution >= 4 is 22.7 Å². The number of rotatable bonds is 27. The number of aromatic hydroxyl groups is 2. The van der Waals surface area contributed by atoms with Crippen molar-refractivity contribution in [3.05, 3.63) is 152 Å². The number of benzene rings is 2. The predicted octanol–water partition coefficient (Wildman–Crippen LogP) is 11.8. The Balaban J connectivity index is 1.53. The Hall–Kier alpha value is -6.72. The average molecular weight is 1070 g/mol. The molecule has 0 amide bonds. The smallest absolute Gasteiger partial charge is 0.326 e. The number of azo groups is 2. The molecule has 0 radical (unpaired) electrons. The molecule has 0 bridgehead atoms. The van der Waals surface area contributed by atoms with Crippen molar-refractivity contribution in [3.63, 3.8) is 0 Å². The number of hydrogen-bond acceptors (Lipinski definition) is 12. The van der Waals surface area contributed by atoms with Gasteiger partial charge in [0.2, 0.25) is 11.8 Å². The standard InChI is InChI=1S/C62H84N10O6/c1-13-43(14-2)52(46-27-29-50(48(39-46)57(73)44(15-3)16-4)63-65-53-41(7)55(69-33-21-19-22-34-69)61(77)71(59(53)75)37-25-31-67(9)10)47-28-30-51(49(40-47)58(74)45(17-5)18-6)64-66-54-42(8)56(70-35-23-20-24-36-70)62(78)72(60(54)76)38-26-32-68(11)12/h19-24,27-30,33-36,39-40,43-45,52,57-58,73-74H,13-18,25-26,31-32,37-38H2,1-12H3/p+2. The molecule has 6 aromatic rings. The van der Waals surface area contributed by atoms with Crippen LogP contribution in [0.5, 0.6) is 11.8 Å². The van der Waals surface area contributed by atoms with E-state index in [2.05, 4.69) is 41.5 Å². The predicted molar refractivity (Wildman–Crippen MR) is 309 cm³/mol. The van der Waals surface area contributed by atoms with Crippen LogP contribution < -0.4 is 20.3 Å². The van der Waals surface area contributed by atoms with E-state index < -0.39 is 12.2 Å². The fourth-order valence-corrected chi connectivity index (χ4v) is 10.9. The van der Waals surface area contributed by atoms with Gasteiger partial charge in [-0.15, -0.1) is 20.5 Å². The van der Waals surface area contributed by atoms with Crippen LogP contribution in [0.2, 0.25) is 0 Å². The van der Waals surface area contributed by atoms with E-state index in [9.17, 15) is 30.0 Å². The number of hydrogen-bond donors (Lipinski definition) is 4. The molecule has 0 saturated carbocycles. The second-order valence-electron chi connectivity index (χ2n) is 21.2. The molecule has 6 rings (SSSR count). The molecular weight excluding hydrogens is 981 g/mol. The summed E-state index contributed by atoms with van der Waals surface area (Å²) in [6.45, 7) is 18.1. The summed E-state index contributed by atoms with van der Waals surface area (Å²) >= 11 is 0. The molecule has 4 aromatic heterocycles. The summed E-state index contributed by atoms with van der Waals surface area (Å²) in [6.07, 6.45) is 11.2. The zero-order chi connectivity index (χ0) is 56.8. The van der Waals surface area contributed by atoms with E-state index in [1.165, 1.54) is 9.13 Å². The Labute approximate surface area is 461 Å². The highest BCUT2D eigenvalue weighted by Gasteiger charge is 2.31. The quantitative estimate of drug-likeness (QED) is 0.0290. The van der Waals surface area contributed by atoms with E-state index in [4.69, 9.17) is 20.5 Å². The normalized spacial score (nSPS) is 13.4. The van der Waals surface area contributed by atoms with Crippen molar-refractivity contribution in [2.45, 2.75) is 138 Å². The van der Waals surface area contributed by atoms with Crippen LogP contribution in [-0.2, 0) is 13.1 Å². The summed E-state index contributed by atoms with van der Waals surface area (Å²) in [6, 6.07) is 23.1. The lowest BCUT2D eigenvalue weighted by Crippen LogP contribution is -2.40. The lowest BCUT2D eigenvalue weighted by Gasteiger charge is -2.30. The van der Waals surface area contributed by atoms with E-state index in [1.807, 2.05) is 111 Å². The topological polar surface area (TPSA) is 189 Å². The van der Waals surface area contributed by atoms with Crippen LogP contribution in [0, 0.1) is 31.6 Å². The van der Waals surface area contributed by atoms with E-state index >= 15 is 0 Å². The maximum Gasteiger partial charge on any atom is 0.326 e. The number of aliphatic hydroxyl groups excluding tert-OH is 2. The minimum absolute atomic E-state index is 0.0927. The van der Waals surface area contributed by atoms with E-state index in [-0.39, 0.29) is 71.0 Å². The molecule has 2 aromatic carbocycles. The van der Waals surface area contributed by atoms with Gasteiger partial charge in [-0.3, -0.25) is 18.7 Å². The van der Waals surface area contributed by atoms with Gasteiger partial charge >= 0.3 is 11.1 Å². The summed E-state index contributed by atoms with van der Waals surface area (Å²) in [7, 11) is 7.86. The van der Waals surface area contributed by atoms with Crippen LogP contribution in [0.25, 0.3) is 11.4 Å². The zero-order valence-corrected chi connectivity index (χ0v) is 48.3. The molecular formula is C62H86N10O6+2. The first kappa shape index (κ1) is 60.5. The summed E-state index contributed by atoms with van der Waals surface area (Å²) in [5, 5.41) is 67.5. The molecule has 2 atom stereocenters. The van der Waals surface area contributed by atoms with Gasteiger partial charge < -0.3 is 30.2 Å². The summed E-state index contributed by atoms with van der Waals surface area (Å²) in [5.74, 6) is -0.781. The van der Waals surface area contributed by atoms with Crippen LogP contribution in [-0.4, -0.2) is 80.6 Å². The highest BCUT2D eigenvalue weighted by Crippen LogP contribution is 2.45. The fraction of sp³-hybridized carbons (Fsp3) is 0.484. The van der Waals surface area contributed by atoms with Gasteiger partial charge in [-0.1, -0.05) is 116 Å². The Kier molecular flexibility index (Phi) is 21.9. The van der Waals surface area contributed by atoms with Crippen molar-refractivity contribution in [2.24, 2.45) is 38.2 Å². The number of aliphatic hydroxyl groups is 2. The molecule has 4 heterocycles. The molecule has 0 saturated heterocycles. The van der Waals surface area contributed by atoms with Crippen LogP contribution in [0.3, 0.4) is 0 Å². The van der Waals surface area contributed by atoms with Gasteiger partial charge in [0.05, 0.1) is 34.7 Å². The number of nitrogens with zero attached hydrogens (tertiary/aromatic N) is 10. The van der Waals surface area contributed by atoms with Gasteiger partial charge in [0.1, 0.15) is 0 Å². The fourth-order valence-electron chi connectivity index (χ4n) is 10.9. The Morgan fingerprint density at radius 3 is 1.18 bits per heavy atom. The molecule has 0 fully saturated rings. The highest BCUT2D eigenvalue weighted by atomic mass is 16.3. The minimum Gasteiger partial charge on any atom is -0.493 e. The first-order chi connectivity index (χ1) is 37.5. The Bertz CT molecular complexity index is 2900. The third-order valence-electron chi connectivity index (χ3n) is 15.7. The maximum atomic E-state index is 14.1. The SMILES string of the molecule is CCC(CC)C(O)c1cc(C(c2ccc(N=Nc3c(C)c(-[n+]4ccccc4)c(=O)n(CCCN(C)C)c3O)c(C(O)C(CC)CC)c2)C(CC)CC)ccc1N=Nc1c(C)c(-[n+]2ccccc2)c(=O)n(CCCN(C)C)c1O. The maximum absolute atomic E-state index is 14.1. The van der Waals surface area contributed by atoms with E-state index in [0.717, 1.165) is 49.7 Å². The molecule has 4 N–H and O–H groups in total. The van der Waals surface area contributed by atoms with Gasteiger partial charge in [-0.2, -0.15) is 9.13 Å². The van der Waals surface area contributed by atoms with Crippen LogP contribution >= 0.6 is 0 Å². The van der Waals surface area contributed by atoms with Gasteiger partial charge in [0.15, 0.2) is 36.2 Å². The molecule has 78 heavy (non-hydrogen) atoms. The molecule has 0 aliphatic rings. The summed E-state index contributed by atoms with van der Waals surface area (Å²) in [4.78, 5) is 32.3. The Morgan fingerprint density at radius 2 is 0.859 bits per heavy atom. The molecule has 16 nitrogen and oxygen atoms in total. The molecule has 0 aliphatic heterocycles. The van der Waals surface area contributed by atoms with E-state index in [0.29, 0.717) is 70.9 Å². The molecule has 0 aliphatic carbocycles. The van der Waals surface area contributed by atoms with Crippen LogP contribution in [0.4, 0.5) is 22.7 Å². The lowest BCUT2D eigenvalue weighted by molar-refractivity contribution is -0.597. The van der Waals surface area contributed by atoms with Gasteiger partial charge in [0.25, 0.3) is 11.4 Å². The zero-order valence-electron chi connectivity index (χ0n) is 48.3. The second kappa shape index (κ2) is 28.2. The highest BCUT2D eigenvalue weighted by molar-refractivity contribution is 5.61.